The Labute approximate surface area is 168 Å². The molecule has 3 aromatic heterocycles. The molecule has 3 heterocycles. The smallest absolute Gasteiger partial charge is 0.262 e. The van der Waals surface area contributed by atoms with Crippen LogP contribution >= 0.6 is 23.1 Å². The van der Waals surface area contributed by atoms with E-state index < -0.39 is 0 Å². The molecule has 0 aliphatic carbocycles. The van der Waals surface area contributed by atoms with Gasteiger partial charge in [-0.1, -0.05) is 23.9 Å². The summed E-state index contributed by atoms with van der Waals surface area (Å²) in [5.74, 6) is 0.553. The van der Waals surface area contributed by atoms with Crippen molar-refractivity contribution in [1.82, 2.24) is 14.5 Å². The van der Waals surface area contributed by atoms with Crippen molar-refractivity contribution < 1.29 is 9.21 Å². The van der Waals surface area contributed by atoms with Crippen LogP contribution in [-0.4, -0.2) is 26.2 Å². The van der Waals surface area contributed by atoms with Crippen LogP contribution in [0.1, 0.15) is 11.5 Å². The van der Waals surface area contributed by atoms with Crippen molar-refractivity contribution in [3.05, 3.63) is 69.8 Å². The van der Waals surface area contributed by atoms with Crippen LogP contribution in [0.15, 0.2) is 62.4 Å². The molecule has 0 bridgehead atoms. The number of rotatable bonds is 6. The molecule has 4 aromatic rings. The summed E-state index contributed by atoms with van der Waals surface area (Å²) in [6, 6.07) is 10.7. The molecule has 4 rings (SSSR count). The normalized spacial score (nSPS) is 11.0. The molecular formula is C19H16N4O3S2. The minimum atomic E-state index is -0.202. The maximum Gasteiger partial charge on any atom is 0.262 e. The average molecular weight is 412 g/mol. The quantitative estimate of drug-likeness (QED) is 0.385. The molecule has 1 aromatic carbocycles. The average Bonchev–Trinajstić information content (AvgIpc) is 3.34. The molecule has 28 heavy (non-hydrogen) atoms. The zero-order valence-corrected chi connectivity index (χ0v) is 16.5. The number of aromatic nitrogens is 3. The second kappa shape index (κ2) is 7.99. The summed E-state index contributed by atoms with van der Waals surface area (Å²) in [4.78, 5) is 34.1. The van der Waals surface area contributed by atoms with E-state index in [0.717, 1.165) is 5.69 Å². The van der Waals surface area contributed by atoms with Crippen LogP contribution in [0.4, 0.5) is 5.13 Å². The predicted molar refractivity (Wildman–Crippen MR) is 110 cm³/mol. The van der Waals surface area contributed by atoms with E-state index in [1.807, 2.05) is 18.4 Å². The lowest BCUT2D eigenvalue weighted by molar-refractivity contribution is -0.113. The van der Waals surface area contributed by atoms with Gasteiger partial charge >= 0.3 is 0 Å². The van der Waals surface area contributed by atoms with Crippen molar-refractivity contribution in [3.8, 4) is 0 Å². The predicted octanol–water partition coefficient (Wildman–Crippen LogP) is 3.53. The Morgan fingerprint density at radius 2 is 2.11 bits per heavy atom. The molecule has 7 nitrogen and oxygen atoms in total. The topological polar surface area (TPSA) is 90.0 Å². The zero-order valence-electron chi connectivity index (χ0n) is 14.9. The summed E-state index contributed by atoms with van der Waals surface area (Å²) >= 11 is 2.58. The molecule has 0 atom stereocenters. The maximum atomic E-state index is 13.0. The Bertz CT molecular complexity index is 1180. The fourth-order valence-corrected chi connectivity index (χ4v) is 4.16. The number of fused-ring (bicyclic) bond motifs is 1. The van der Waals surface area contributed by atoms with Crippen molar-refractivity contribution in [2.75, 3.05) is 11.1 Å². The number of thioether (sulfide) groups is 1. The molecule has 1 N–H and O–H groups in total. The minimum absolute atomic E-state index is 0.113. The fraction of sp³-hybridized carbons (Fsp3) is 0.158. The molecule has 0 saturated heterocycles. The third-order valence-electron chi connectivity index (χ3n) is 3.92. The number of anilines is 1. The first-order valence-electron chi connectivity index (χ1n) is 8.47. The van der Waals surface area contributed by atoms with E-state index in [4.69, 9.17) is 4.42 Å². The second-order valence-corrected chi connectivity index (χ2v) is 7.81. The van der Waals surface area contributed by atoms with Crippen molar-refractivity contribution in [2.24, 2.45) is 0 Å². The van der Waals surface area contributed by atoms with Gasteiger partial charge in [-0.2, -0.15) is 0 Å². The number of benzene rings is 1. The van der Waals surface area contributed by atoms with Crippen LogP contribution in [0.25, 0.3) is 10.9 Å². The summed E-state index contributed by atoms with van der Waals surface area (Å²) in [6.07, 6.45) is 1.56. The molecule has 0 aliphatic heterocycles. The molecule has 1 amide bonds. The van der Waals surface area contributed by atoms with Crippen molar-refractivity contribution in [3.63, 3.8) is 0 Å². The van der Waals surface area contributed by atoms with Gasteiger partial charge in [0.1, 0.15) is 5.76 Å². The van der Waals surface area contributed by atoms with Crippen molar-refractivity contribution in [2.45, 2.75) is 18.6 Å². The monoisotopic (exact) mass is 412 g/mol. The number of nitrogens with one attached hydrogen (secondary N) is 1. The van der Waals surface area contributed by atoms with E-state index in [0.29, 0.717) is 27.0 Å². The Morgan fingerprint density at radius 1 is 1.25 bits per heavy atom. The third kappa shape index (κ3) is 4.00. The van der Waals surface area contributed by atoms with Gasteiger partial charge in [-0.05, 0) is 31.2 Å². The number of carbonyl (C=O) groups is 1. The highest BCUT2D eigenvalue weighted by Crippen LogP contribution is 2.20. The molecule has 9 heteroatoms. The number of nitrogens with zero attached hydrogens (tertiary/aromatic N) is 3. The summed E-state index contributed by atoms with van der Waals surface area (Å²) in [5, 5.41) is 6.18. The van der Waals surface area contributed by atoms with E-state index in [9.17, 15) is 9.59 Å². The molecule has 0 aliphatic rings. The van der Waals surface area contributed by atoms with Gasteiger partial charge in [0.25, 0.3) is 5.56 Å². The molecule has 0 saturated carbocycles. The highest BCUT2D eigenvalue weighted by atomic mass is 32.2. The van der Waals surface area contributed by atoms with Crippen molar-refractivity contribution >= 4 is 45.0 Å². The largest absolute Gasteiger partial charge is 0.467 e. The van der Waals surface area contributed by atoms with Gasteiger partial charge in [0, 0.05) is 5.38 Å². The SMILES string of the molecule is Cc1csc(NC(=O)CSc2nc3ccccc3c(=O)n2Cc2ccco2)n1. The molecule has 0 fully saturated rings. The number of hydrogen-bond donors (Lipinski definition) is 1. The molecular weight excluding hydrogens is 396 g/mol. The van der Waals surface area contributed by atoms with Gasteiger partial charge in [0.05, 0.1) is 35.2 Å². The number of amides is 1. The fourth-order valence-electron chi connectivity index (χ4n) is 2.65. The van der Waals surface area contributed by atoms with Gasteiger partial charge in [0.2, 0.25) is 5.91 Å². The Hall–Kier alpha value is -2.91. The van der Waals surface area contributed by atoms with E-state index in [1.165, 1.54) is 27.7 Å². The standard InChI is InChI=1S/C19H16N4O3S2/c1-12-10-27-18(20-12)22-16(24)11-28-19-21-15-7-3-2-6-14(15)17(25)23(19)9-13-5-4-8-26-13/h2-8,10H,9,11H2,1H3,(H,20,22,24). The number of aryl methyl sites for hydroxylation is 1. The summed E-state index contributed by atoms with van der Waals surface area (Å²) in [7, 11) is 0. The molecule has 0 spiro atoms. The number of carbonyl (C=O) groups excluding carboxylic acids is 1. The van der Waals surface area contributed by atoms with E-state index >= 15 is 0 Å². The summed E-state index contributed by atoms with van der Waals surface area (Å²) in [6.45, 7) is 2.12. The lowest BCUT2D eigenvalue weighted by Gasteiger charge is -2.12. The molecule has 0 radical (unpaired) electrons. The number of hydrogen-bond acceptors (Lipinski definition) is 7. The van der Waals surface area contributed by atoms with Gasteiger partial charge in [-0.3, -0.25) is 14.2 Å². The third-order valence-corrected chi connectivity index (χ3v) is 5.77. The van der Waals surface area contributed by atoms with Crippen LogP contribution < -0.4 is 10.9 Å². The van der Waals surface area contributed by atoms with Crippen LogP contribution in [0.3, 0.4) is 0 Å². The van der Waals surface area contributed by atoms with Gasteiger partial charge in [-0.25, -0.2) is 9.97 Å². The van der Waals surface area contributed by atoms with Crippen LogP contribution in [-0.2, 0) is 11.3 Å². The Morgan fingerprint density at radius 3 is 2.86 bits per heavy atom. The van der Waals surface area contributed by atoms with Crippen LogP contribution in [0, 0.1) is 6.92 Å². The first kappa shape index (κ1) is 18.5. The van der Waals surface area contributed by atoms with Crippen LogP contribution in [0.5, 0.6) is 0 Å². The van der Waals surface area contributed by atoms with Gasteiger partial charge < -0.3 is 9.73 Å². The van der Waals surface area contributed by atoms with Gasteiger partial charge in [-0.15, -0.1) is 11.3 Å². The maximum absolute atomic E-state index is 13.0. The minimum Gasteiger partial charge on any atom is -0.467 e. The highest BCUT2D eigenvalue weighted by molar-refractivity contribution is 7.99. The number of furan rings is 1. The lowest BCUT2D eigenvalue weighted by atomic mass is 10.2. The first-order chi connectivity index (χ1) is 13.6. The number of thiazole rings is 1. The number of para-hydroxylation sites is 1. The summed E-state index contributed by atoms with van der Waals surface area (Å²) in [5.41, 5.74) is 1.29. The Kier molecular flexibility index (Phi) is 5.27. The van der Waals surface area contributed by atoms with Gasteiger partial charge in [0.15, 0.2) is 10.3 Å². The second-order valence-electron chi connectivity index (χ2n) is 6.01. The highest BCUT2D eigenvalue weighted by Gasteiger charge is 2.15. The lowest BCUT2D eigenvalue weighted by Crippen LogP contribution is -2.24. The summed E-state index contributed by atoms with van der Waals surface area (Å²) < 4.78 is 6.92. The van der Waals surface area contributed by atoms with Crippen LogP contribution in [0.2, 0.25) is 0 Å². The first-order valence-corrected chi connectivity index (χ1v) is 10.3. The van der Waals surface area contributed by atoms with E-state index in [-0.39, 0.29) is 23.8 Å². The molecule has 142 valence electrons. The molecule has 0 unspecified atom stereocenters. The zero-order chi connectivity index (χ0) is 19.5. The van der Waals surface area contributed by atoms with E-state index in [2.05, 4.69) is 15.3 Å². The Balaban J connectivity index is 1.61. The van der Waals surface area contributed by atoms with E-state index in [1.54, 1.807) is 36.6 Å². The van der Waals surface area contributed by atoms with Crippen molar-refractivity contribution in [1.29, 1.82) is 0 Å².